The molecule has 4 N–H and O–H groups in total. The van der Waals surface area contributed by atoms with Crippen LogP contribution in [-0.4, -0.2) is 21.0 Å². The number of nitrogens with zero attached hydrogens (tertiary/aromatic N) is 1. The highest BCUT2D eigenvalue weighted by Gasteiger charge is 2.01. The van der Waals surface area contributed by atoms with E-state index in [0.29, 0.717) is 12.0 Å². The van der Waals surface area contributed by atoms with Gasteiger partial charge in [0.15, 0.2) is 0 Å². The van der Waals surface area contributed by atoms with E-state index in [4.69, 9.17) is 10.8 Å². The number of carboxylic acids is 1. The van der Waals surface area contributed by atoms with Crippen molar-refractivity contribution in [1.82, 2.24) is 9.97 Å². The Kier molecular flexibility index (Phi) is 3.82. The van der Waals surface area contributed by atoms with E-state index in [-0.39, 0.29) is 12.2 Å². The molecule has 0 aromatic carbocycles. The Morgan fingerprint density at radius 2 is 2.31 bits per heavy atom. The molecule has 0 saturated heterocycles. The van der Waals surface area contributed by atoms with E-state index >= 15 is 0 Å². The number of rotatable bonds is 4. The highest BCUT2D eigenvalue weighted by atomic mass is 16.4. The van der Waals surface area contributed by atoms with Gasteiger partial charge in [-0.15, -0.1) is 0 Å². The molecule has 0 aliphatic heterocycles. The van der Waals surface area contributed by atoms with E-state index in [1.807, 2.05) is 0 Å². The van der Waals surface area contributed by atoms with E-state index in [1.54, 1.807) is 13.0 Å². The minimum absolute atomic E-state index is 0.0685. The van der Waals surface area contributed by atoms with Crippen molar-refractivity contribution >= 4 is 17.9 Å². The lowest BCUT2D eigenvalue weighted by atomic mass is 10.1. The third-order valence-corrected chi connectivity index (χ3v) is 2.01. The molecule has 0 spiro atoms. The molecule has 6 nitrogen and oxygen atoms in total. The molecule has 1 rings (SSSR count). The molecule has 0 amide bonds. The van der Waals surface area contributed by atoms with Crippen molar-refractivity contribution < 1.29 is 9.90 Å². The Morgan fingerprint density at radius 3 is 2.88 bits per heavy atom. The zero-order valence-corrected chi connectivity index (χ0v) is 8.86. The van der Waals surface area contributed by atoms with Gasteiger partial charge in [-0.3, -0.25) is 9.78 Å². The van der Waals surface area contributed by atoms with Crippen LogP contribution in [0, 0.1) is 0 Å². The molecule has 0 atom stereocenters. The average molecular weight is 223 g/mol. The number of hydrogen-bond acceptors (Lipinski definition) is 4. The highest BCUT2D eigenvalue weighted by Crippen LogP contribution is 2.13. The summed E-state index contributed by atoms with van der Waals surface area (Å²) < 4.78 is 0. The fourth-order valence-electron chi connectivity index (χ4n) is 1.17. The third kappa shape index (κ3) is 3.56. The summed E-state index contributed by atoms with van der Waals surface area (Å²) in [5.74, 6) is -0.616. The topological polar surface area (TPSA) is 109 Å². The average Bonchev–Trinajstić information content (AvgIpc) is 2.19. The Labute approximate surface area is 91.8 Å². The number of aromatic nitrogens is 2. The van der Waals surface area contributed by atoms with Crippen molar-refractivity contribution in [3.05, 3.63) is 27.8 Å². The Morgan fingerprint density at radius 1 is 1.62 bits per heavy atom. The summed E-state index contributed by atoms with van der Waals surface area (Å²) in [7, 11) is 0. The Hall–Kier alpha value is -2.11. The van der Waals surface area contributed by atoms with Gasteiger partial charge in [-0.2, -0.15) is 0 Å². The molecule has 16 heavy (non-hydrogen) atoms. The zero-order valence-electron chi connectivity index (χ0n) is 8.86. The smallest absolute Gasteiger partial charge is 0.346 e. The maximum Gasteiger partial charge on any atom is 0.346 e. The van der Waals surface area contributed by atoms with Gasteiger partial charge in [0.25, 0.3) is 0 Å². The number of H-pyrrole nitrogens is 1. The second kappa shape index (κ2) is 5.11. The van der Waals surface area contributed by atoms with Crippen LogP contribution in [0.5, 0.6) is 0 Å². The van der Waals surface area contributed by atoms with Crippen molar-refractivity contribution in [3.63, 3.8) is 0 Å². The molecule has 0 saturated carbocycles. The van der Waals surface area contributed by atoms with Crippen LogP contribution in [0.1, 0.15) is 25.3 Å². The van der Waals surface area contributed by atoms with Crippen LogP contribution in [-0.2, 0) is 4.79 Å². The molecule has 0 unspecified atom stereocenters. The van der Waals surface area contributed by atoms with Crippen LogP contribution < -0.4 is 11.4 Å². The maximum atomic E-state index is 10.8. The van der Waals surface area contributed by atoms with Gasteiger partial charge in [0.05, 0.1) is 0 Å². The van der Waals surface area contributed by atoms with Crippen LogP contribution in [0.15, 0.2) is 16.6 Å². The number of aliphatic carboxylic acids is 1. The first kappa shape index (κ1) is 12.0. The van der Waals surface area contributed by atoms with Gasteiger partial charge in [-0.25, -0.2) is 9.78 Å². The van der Waals surface area contributed by atoms with Crippen LogP contribution in [0.3, 0.4) is 0 Å². The minimum Gasteiger partial charge on any atom is -0.481 e. The van der Waals surface area contributed by atoms with Crippen molar-refractivity contribution in [2.75, 3.05) is 5.73 Å². The number of anilines is 1. The summed E-state index contributed by atoms with van der Waals surface area (Å²) >= 11 is 0. The zero-order chi connectivity index (χ0) is 12.1. The Bertz CT molecular complexity index is 476. The number of nitrogens with one attached hydrogen (secondary N) is 1. The first-order valence-electron chi connectivity index (χ1n) is 4.73. The van der Waals surface area contributed by atoms with Gasteiger partial charge >= 0.3 is 11.7 Å². The van der Waals surface area contributed by atoms with Gasteiger partial charge in [0, 0.05) is 18.2 Å². The number of allylic oxidation sites excluding steroid dienone is 1. The molecular formula is C10H13N3O3. The van der Waals surface area contributed by atoms with Gasteiger partial charge in [0.1, 0.15) is 5.82 Å². The monoisotopic (exact) mass is 223 g/mol. The number of nitrogen functional groups attached to an aromatic ring is 1. The summed E-state index contributed by atoms with van der Waals surface area (Å²) in [4.78, 5) is 27.0. The predicted octanol–water partition coefficient (Wildman–Crippen LogP) is 0.620. The summed E-state index contributed by atoms with van der Waals surface area (Å²) in [6.07, 6.45) is 3.58. The number of carboxylic acid groups (broad SMARTS) is 1. The van der Waals surface area contributed by atoms with E-state index in [9.17, 15) is 9.59 Å². The molecule has 0 fully saturated rings. The Balaban J connectivity index is 2.81. The second-order valence-corrected chi connectivity index (χ2v) is 3.44. The summed E-state index contributed by atoms with van der Waals surface area (Å²) in [5, 5.41) is 8.51. The van der Waals surface area contributed by atoms with Gasteiger partial charge in [-0.05, 0) is 13.3 Å². The largest absolute Gasteiger partial charge is 0.481 e. The van der Waals surface area contributed by atoms with Crippen LogP contribution >= 0.6 is 0 Å². The van der Waals surface area contributed by atoms with E-state index in [1.165, 1.54) is 6.20 Å². The number of aromatic amines is 1. The number of nitrogens with two attached hydrogens (primary N) is 1. The van der Waals surface area contributed by atoms with Gasteiger partial charge in [-0.1, -0.05) is 11.6 Å². The fraction of sp³-hybridized carbons (Fsp3) is 0.300. The van der Waals surface area contributed by atoms with Crippen LogP contribution in [0.4, 0.5) is 5.82 Å². The van der Waals surface area contributed by atoms with Crippen LogP contribution in [0.2, 0.25) is 0 Å². The van der Waals surface area contributed by atoms with E-state index in [0.717, 1.165) is 5.57 Å². The van der Waals surface area contributed by atoms with Crippen molar-refractivity contribution in [2.45, 2.75) is 19.8 Å². The first-order chi connectivity index (χ1) is 7.49. The SMILES string of the molecule is C/C(=C\c1cnc(=O)[nH]c1N)CCC(=O)O. The normalized spacial score (nSPS) is 11.4. The lowest BCUT2D eigenvalue weighted by Gasteiger charge is -2.01. The molecule has 0 aliphatic rings. The van der Waals surface area contributed by atoms with Crippen molar-refractivity contribution in [2.24, 2.45) is 0 Å². The first-order valence-corrected chi connectivity index (χ1v) is 4.73. The summed E-state index contributed by atoms with van der Waals surface area (Å²) in [5.41, 5.74) is 6.52. The summed E-state index contributed by atoms with van der Waals surface area (Å²) in [6.45, 7) is 1.80. The molecule has 6 heteroatoms. The molecule has 1 aromatic rings. The lowest BCUT2D eigenvalue weighted by Crippen LogP contribution is -2.12. The predicted molar refractivity (Wildman–Crippen MR) is 59.8 cm³/mol. The molecular weight excluding hydrogens is 210 g/mol. The molecule has 0 radical (unpaired) electrons. The molecule has 0 bridgehead atoms. The van der Waals surface area contributed by atoms with Crippen LogP contribution in [0.25, 0.3) is 6.08 Å². The highest BCUT2D eigenvalue weighted by molar-refractivity contribution is 5.68. The third-order valence-electron chi connectivity index (χ3n) is 2.01. The van der Waals surface area contributed by atoms with Crippen molar-refractivity contribution in [1.29, 1.82) is 0 Å². The van der Waals surface area contributed by atoms with E-state index in [2.05, 4.69) is 9.97 Å². The number of hydrogen-bond donors (Lipinski definition) is 3. The fourth-order valence-corrected chi connectivity index (χ4v) is 1.17. The minimum atomic E-state index is -0.847. The molecule has 0 aliphatic carbocycles. The molecule has 86 valence electrons. The van der Waals surface area contributed by atoms with Gasteiger partial charge in [0.2, 0.25) is 0 Å². The quantitative estimate of drug-likeness (QED) is 0.693. The van der Waals surface area contributed by atoms with E-state index < -0.39 is 11.7 Å². The second-order valence-electron chi connectivity index (χ2n) is 3.44. The number of carbonyl (C=O) groups is 1. The summed E-state index contributed by atoms with van der Waals surface area (Å²) in [6, 6.07) is 0. The standard InChI is InChI=1S/C10H13N3O3/c1-6(2-3-8(14)15)4-7-5-12-10(16)13-9(7)11/h4-5H,2-3H2,1H3,(H,14,15)(H3,11,12,13,16)/b6-4+. The maximum absolute atomic E-state index is 10.8. The molecule has 1 heterocycles. The van der Waals surface area contributed by atoms with Gasteiger partial charge < -0.3 is 10.8 Å². The molecule has 1 aromatic heterocycles. The van der Waals surface area contributed by atoms with Crippen molar-refractivity contribution in [3.8, 4) is 0 Å². The lowest BCUT2D eigenvalue weighted by molar-refractivity contribution is -0.136.